The molecule has 0 heterocycles. The molecule has 6 nitrogen and oxygen atoms in total. The molecule has 0 radical (unpaired) electrons. The molecule has 5 rings (SSSR count). The van der Waals surface area contributed by atoms with Crippen molar-refractivity contribution in [1.82, 2.24) is 0 Å². The molecule has 34 heavy (non-hydrogen) atoms. The molecule has 178 valence electrons. The Balaban J connectivity index is 1.41. The Labute approximate surface area is 199 Å². The van der Waals surface area contributed by atoms with Gasteiger partial charge in [-0.2, -0.15) is 0 Å². The van der Waals surface area contributed by atoms with Gasteiger partial charge in [0.2, 0.25) is 0 Å². The molecule has 0 atom stereocenters. The summed E-state index contributed by atoms with van der Waals surface area (Å²) in [4.78, 5) is 25.1. The number of carbonyl (C=O) groups excluding carboxylic acids is 2. The van der Waals surface area contributed by atoms with Crippen molar-refractivity contribution in [1.29, 1.82) is 0 Å². The molecule has 6 heteroatoms. The lowest BCUT2D eigenvalue weighted by Gasteiger charge is -2.22. The maximum Gasteiger partial charge on any atom is 0.514 e. The van der Waals surface area contributed by atoms with E-state index in [-0.39, 0.29) is 23.7 Å². The first-order valence-electron chi connectivity index (χ1n) is 12.4. The summed E-state index contributed by atoms with van der Waals surface area (Å²) in [7, 11) is 0. The first-order valence-corrected chi connectivity index (χ1v) is 12.4. The second kappa shape index (κ2) is 10.3. The van der Waals surface area contributed by atoms with Gasteiger partial charge < -0.3 is 18.9 Å². The average molecular weight is 463 g/mol. The first kappa shape index (κ1) is 22.5. The van der Waals surface area contributed by atoms with E-state index in [1.165, 1.54) is 0 Å². The Bertz CT molecular complexity index is 1080. The monoisotopic (exact) mass is 462 g/mol. The number of ether oxygens (including phenoxy) is 4. The largest absolute Gasteiger partial charge is 0.514 e. The van der Waals surface area contributed by atoms with Crippen LogP contribution in [-0.2, 0) is 9.47 Å². The molecule has 2 fully saturated rings. The van der Waals surface area contributed by atoms with Crippen molar-refractivity contribution in [3.8, 4) is 11.5 Å². The van der Waals surface area contributed by atoms with Crippen molar-refractivity contribution in [3.63, 3.8) is 0 Å². The molecule has 0 saturated heterocycles. The topological polar surface area (TPSA) is 71.1 Å². The minimum atomic E-state index is -0.780. The summed E-state index contributed by atoms with van der Waals surface area (Å²) in [6, 6.07) is 15.5. The number of hydrogen-bond donors (Lipinski definition) is 0. The van der Waals surface area contributed by atoms with E-state index in [0.717, 1.165) is 85.8 Å². The smallest absolute Gasteiger partial charge is 0.431 e. The first-order chi connectivity index (χ1) is 16.6. The van der Waals surface area contributed by atoms with E-state index in [4.69, 9.17) is 18.9 Å². The molecule has 0 aromatic heterocycles. The molecule has 0 bridgehead atoms. The Kier molecular flexibility index (Phi) is 6.84. The fraction of sp³-hybridized carbons (Fsp3) is 0.429. The molecule has 2 aliphatic rings. The summed E-state index contributed by atoms with van der Waals surface area (Å²) in [6.07, 6.45) is 8.05. The van der Waals surface area contributed by atoms with E-state index < -0.39 is 12.3 Å². The van der Waals surface area contributed by atoms with Crippen LogP contribution in [0.5, 0.6) is 11.5 Å². The van der Waals surface area contributed by atoms with Gasteiger partial charge in [-0.3, -0.25) is 0 Å². The normalized spacial score (nSPS) is 17.4. The van der Waals surface area contributed by atoms with Gasteiger partial charge in [-0.25, -0.2) is 9.59 Å². The van der Waals surface area contributed by atoms with E-state index >= 15 is 0 Å². The van der Waals surface area contributed by atoms with Crippen LogP contribution in [0, 0.1) is 0 Å². The van der Waals surface area contributed by atoms with E-state index in [1.807, 2.05) is 36.4 Å². The molecular formula is C28H30O6. The summed E-state index contributed by atoms with van der Waals surface area (Å²) in [5.41, 5.74) is 0. The predicted molar refractivity (Wildman–Crippen MR) is 129 cm³/mol. The van der Waals surface area contributed by atoms with Gasteiger partial charge in [-0.05, 0) is 97.2 Å². The van der Waals surface area contributed by atoms with Gasteiger partial charge in [-0.15, -0.1) is 0 Å². The SMILES string of the molecule is O=C(Oc1cc2cc3ccccc3cc2cc1OC(=O)OC1CCCCC1)OC1CCCCC1. The fourth-order valence-electron chi connectivity index (χ4n) is 4.98. The lowest BCUT2D eigenvalue weighted by Crippen LogP contribution is -2.24. The fourth-order valence-corrected chi connectivity index (χ4v) is 4.98. The number of carbonyl (C=O) groups is 2. The molecule has 2 saturated carbocycles. The highest BCUT2D eigenvalue weighted by molar-refractivity contribution is 5.99. The molecule has 0 spiro atoms. The zero-order valence-electron chi connectivity index (χ0n) is 19.3. The van der Waals surface area contributed by atoms with Crippen LogP contribution in [0.2, 0.25) is 0 Å². The molecule has 0 aliphatic heterocycles. The highest BCUT2D eigenvalue weighted by Gasteiger charge is 2.23. The second-order valence-electron chi connectivity index (χ2n) is 9.31. The molecule has 3 aromatic carbocycles. The molecule has 3 aromatic rings. The van der Waals surface area contributed by atoms with Crippen molar-refractivity contribution in [2.75, 3.05) is 0 Å². The van der Waals surface area contributed by atoms with E-state index in [9.17, 15) is 9.59 Å². The van der Waals surface area contributed by atoms with Crippen molar-refractivity contribution in [3.05, 3.63) is 48.5 Å². The molecular weight excluding hydrogens is 432 g/mol. The third-order valence-electron chi connectivity index (χ3n) is 6.78. The summed E-state index contributed by atoms with van der Waals surface area (Å²) in [5.74, 6) is 0.286. The van der Waals surface area contributed by atoms with Crippen LogP contribution in [0.4, 0.5) is 9.59 Å². The summed E-state index contributed by atoms with van der Waals surface area (Å²) >= 11 is 0. The highest BCUT2D eigenvalue weighted by Crippen LogP contribution is 2.36. The maximum absolute atomic E-state index is 12.6. The standard InChI is InChI=1S/C28H30O6/c29-27(31-23-11-3-1-4-12-23)33-25-17-21-15-19-9-7-8-10-20(19)16-22(21)18-26(25)34-28(30)32-24-13-5-2-6-14-24/h7-10,15-18,23-24H,1-6,11-14H2. The Morgan fingerprint density at radius 2 is 0.971 bits per heavy atom. The van der Waals surface area contributed by atoms with Crippen LogP contribution in [0.15, 0.2) is 48.5 Å². The van der Waals surface area contributed by atoms with Crippen molar-refractivity contribution in [2.24, 2.45) is 0 Å². The van der Waals surface area contributed by atoms with Gasteiger partial charge in [0.15, 0.2) is 11.5 Å². The molecule has 0 amide bonds. The zero-order chi connectivity index (χ0) is 23.3. The van der Waals surface area contributed by atoms with Crippen molar-refractivity contribution >= 4 is 33.9 Å². The van der Waals surface area contributed by atoms with Crippen LogP contribution < -0.4 is 9.47 Å². The number of benzene rings is 3. The number of rotatable bonds is 4. The van der Waals surface area contributed by atoms with Gasteiger partial charge >= 0.3 is 12.3 Å². The van der Waals surface area contributed by atoms with Crippen LogP contribution in [0.1, 0.15) is 64.2 Å². The highest BCUT2D eigenvalue weighted by atomic mass is 16.7. The van der Waals surface area contributed by atoms with Gasteiger partial charge in [0, 0.05) is 0 Å². The van der Waals surface area contributed by atoms with Crippen LogP contribution in [0.25, 0.3) is 21.5 Å². The van der Waals surface area contributed by atoms with Crippen LogP contribution in [0.3, 0.4) is 0 Å². The molecule has 0 N–H and O–H groups in total. The minimum absolute atomic E-state index is 0.133. The maximum atomic E-state index is 12.6. The van der Waals surface area contributed by atoms with Crippen molar-refractivity contribution < 1.29 is 28.5 Å². The molecule has 2 aliphatic carbocycles. The molecule has 0 unspecified atom stereocenters. The quantitative estimate of drug-likeness (QED) is 0.225. The Morgan fingerprint density at radius 3 is 1.38 bits per heavy atom. The van der Waals surface area contributed by atoms with Gasteiger partial charge in [0.05, 0.1) is 0 Å². The van der Waals surface area contributed by atoms with E-state index in [2.05, 4.69) is 0 Å². The number of fused-ring (bicyclic) bond motifs is 2. The van der Waals surface area contributed by atoms with E-state index in [1.54, 1.807) is 12.1 Å². The number of hydrogen-bond acceptors (Lipinski definition) is 6. The minimum Gasteiger partial charge on any atom is -0.431 e. The Morgan fingerprint density at radius 1 is 0.559 bits per heavy atom. The van der Waals surface area contributed by atoms with Crippen LogP contribution in [-0.4, -0.2) is 24.5 Å². The summed E-state index contributed by atoms with van der Waals surface area (Å²) < 4.78 is 22.2. The van der Waals surface area contributed by atoms with Gasteiger partial charge in [0.25, 0.3) is 0 Å². The third-order valence-corrected chi connectivity index (χ3v) is 6.78. The Hall–Kier alpha value is -3.28. The summed E-state index contributed by atoms with van der Waals surface area (Å²) in [5, 5.41) is 3.87. The lowest BCUT2D eigenvalue weighted by molar-refractivity contribution is 0.0348. The van der Waals surface area contributed by atoms with Gasteiger partial charge in [-0.1, -0.05) is 37.1 Å². The van der Waals surface area contributed by atoms with Crippen molar-refractivity contribution in [2.45, 2.75) is 76.4 Å². The van der Waals surface area contributed by atoms with Crippen LogP contribution >= 0.6 is 0 Å². The predicted octanol–water partition coefficient (Wildman–Crippen LogP) is 7.69. The van der Waals surface area contributed by atoms with E-state index in [0.29, 0.717) is 0 Å². The third kappa shape index (κ3) is 5.44. The summed E-state index contributed by atoms with van der Waals surface area (Å²) in [6.45, 7) is 0. The van der Waals surface area contributed by atoms with Gasteiger partial charge in [0.1, 0.15) is 12.2 Å². The average Bonchev–Trinajstić information content (AvgIpc) is 2.84. The zero-order valence-corrected chi connectivity index (χ0v) is 19.3. The second-order valence-corrected chi connectivity index (χ2v) is 9.31. The lowest BCUT2D eigenvalue weighted by atomic mass is 9.98.